The Morgan fingerprint density at radius 3 is 2.49 bits per heavy atom. The number of hydrogen-bond donors (Lipinski definition) is 0. The van der Waals surface area contributed by atoms with E-state index in [-0.39, 0.29) is 43.1 Å². The number of piperidine rings is 1. The number of alkyl halides is 5. The Balaban J connectivity index is 1.48. The van der Waals surface area contributed by atoms with Gasteiger partial charge in [-0.05, 0) is 47.9 Å². The molecule has 3 atom stereocenters. The summed E-state index contributed by atoms with van der Waals surface area (Å²) in [5.74, 6) is -3.69. The van der Waals surface area contributed by atoms with Crippen LogP contribution >= 0.6 is 0 Å². The van der Waals surface area contributed by atoms with E-state index in [9.17, 15) is 26.7 Å². The summed E-state index contributed by atoms with van der Waals surface area (Å²) in [7, 11) is 1.82. The fourth-order valence-corrected chi connectivity index (χ4v) is 5.61. The molecule has 1 amide bonds. The zero-order chi connectivity index (χ0) is 28.3. The predicted octanol–water partition coefficient (Wildman–Crippen LogP) is 6.18. The lowest BCUT2D eigenvalue weighted by molar-refractivity contribution is -0.138. The first kappa shape index (κ1) is 27.2. The van der Waals surface area contributed by atoms with Crippen molar-refractivity contribution in [3.63, 3.8) is 0 Å². The number of hydrogen-bond acceptors (Lipinski definition) is 4. The Labute approximate surface area is 223 Å². The fourth-order valence-electron chi connectivity index (χ4n) is 5.61. The molecule has 3 aromatic rings. The van der Waals surface area contributed by atoms with Gasteiger partial charge in [-0.3, -0.25) is 9.69 Å². The number of halogens is 5. The van der Waals surface area contributed by atoms with Crippen LogP contribution in [-0.2, 0) is 19.8 Å². The first-order valence-electron chi connectivity index (χ1n) is 12.9. The van der Waals surface area contributed by atoms with Gasteiger partial charge in [0.2, 0.25) is 0 Å². The van der Waals surface area contributed by atoms with Crippen molar-refractivity contribution in [3.05, 3.63) is 76.4 Å². The lowest BCUT2D eigenvalue weighted by atomic mass is 9.91. The summed E-state index contributed by atoms with van der Waals surface area (Å²) in [5.41, 5.74) is 0.670. The van der Waals surface area contributed by atoms with Gasteiger partial charge >= 0.3 is 6.18 Å². The maximum atomic E-state index is 14.3. The number of rotatable bonds is 5. The minimum atomic E-state index is -4.68. The van der Waals surface area contributed by atoms with E-state index in [0.717, 1.165) is 11.6 Å². The number of anilines is 1. The van der Waals surface area contributed by atoms with E-state index in [1.165, 1.54) is 17.9 Å². The number of benzene rings is 2. The summed E-state index contributed by atoms with van der Waals surface area (Å²) in [6, 6.07) is 9.13. The number of aryl methyl sites for hydroxylation is 1. The van der Waals surface area contributed by atoms with Crippen molar-refractivity contribution in [1.82, 2.24) is 19.7 Å². The maximum Gasteiger partial charge on any atom is 0.416 e. The quantitative estimate of drug-likeness (QED) is 0.358. The molecule has 0 N–H and O–H groups in total. The molecule has 0 radical (unpaired) electrons. The summed E-state index contributed by atoms with van der Waals surface area (Å²) in [4.78, 5) is 16.7. The maximum absolute atomic E-state index is 14.3. The highest BCUT2D eigenvalue weighted by molar-refractivity contribution is 6.10. The molecular weight excluding hydrogens is 517 g/mol. The second kappa shape index (κ2) is 9.69. The third-order valence-electron chi connectivity index (χ3n) is 8.18. The first-order chi connectivity index (χ1) is 18.3. The molecule has 3 heterocycles. The highest BCUT2D eigenvalue weighted by atomic mass is 19.4. The summed E-state index contributed by atoms with van der Waals surface area (Å²) < 4.78 is 72.6. The largest absolute Gasteiger partial charge is 0.416 e. The first-order valence-corrected chi connectivity index (χ1v) is 12.9. The SMILES string of the molecule is CC(c1cc2c(c(C(F)(F)F)c1)CN(c1cccc([C@H](C)c3nncn3C)c1)C2=O)N1CCC(F)(F)[C@H](C)C1. The molecule has 1 unspecified atom stereocenters. The normalized spacial score (nSPS) is 21.2. The van der Waals surface area contributed by atoms with Gasteiger partial charge in [-0.25, -0.2) is 8.78 Å². The zero-order valence-corrected chi connectivity index (χ0v) is 22.1. The van der Waals surface area contributed by atoms with Crippen molar-refractivity contribution in [2.75, 3.05) is 18.0 Å². The van der Waals surface area contributed by atoms with Gasteiger partial charge < -0.3 is 9.47 Å². The van der Waals surface area contributed by atoms with Crippen LogP contribution in [0.2, 0.25) is 0 Å². The van der Waals surface area contributed by atoms with Crippen molar-refractivity contribution in [2.24, 2.45) is 13.0 Å². The highest BCUT2D eigenvalue weighted by Crippen LogP contribution is 2.42. The van der Waals surface area contributed by atoms with Gasteiger partial charge in [0, 0.05) is 55.7 Å². The average molecular weight is 548 g/mol. The van der Waals surface area contributed by atoms with Crippen molar-refractivity contribution in [1.29, 1.82) is 0 Å². The number of aromatic nitrogens is 3. The van der Waals surface area contributed by atoms with Crippen LogP contribution in [0.4, 0.5) is 27.6 Å². The molecule has 5 rings (SSSR count). The summed E-state index contributed by atoms with van der Waals surface area (Å²) in [5, 5.41) is 8.05. The van der Waals surface area contributed by atoms with E-state index in [1.54, 1.807) is 40.9 Å². The van der Waals surface area contributed by atoms with Gasteiger partial charge in [-0.2, -0.15) is 13.2 Å². The van der Waals surface area contributed by atoms with Gasteiger partial charge in [0.15, 0.2) is 0 Å². The van der Waals surface area contributed by atoms with Gasteiger partial charge in [0.25, 0.3) is 11.8 Å². The number of carbonyl (C=O) groups excluding carboxylic acids is 1. The Morgan fingerprint density at radius 1 is 1.10 bits per heavy atom. The van der Waals surface area contributed by atoms with E-state index in [4.69, 9.17) is 0 Å². The van der Waals surface area contributed by atoms with E-state index >= 15 is 0 Å². The molecule has 2 aliphatic rings. The van der Waals surface area contributed by atoms with Gasteiger partial charge in [-0.1, -0.05) is 26.0 Å². The lowest BCUT2D eigenvalue weighted by Crippen LogP contribution is -2.46. The standard InChI is InChI=1S/C28H30F5N5O/c1-16-13-37(9-8-27(16,29)30)18(3)20-11-22-23(24(12-20)28(31,32)33)14-38(26(22)39)21-7-5-6-19(10-21)17(2)25-35-34-15-36(25)4/h5-7,10-12,15-18H,8-9,13-14H2,1-4H3/t16-,17+,18?/m1/s1. The minimum Gasteiger partial charge on any atom is -0.320 e. The van der Waals surface area contributed by atoms with Crippen LogP contribution in [-0.4, -0.2) is 44.6 Å². The van der Waals surface area contributed by atoms with Crippen LogP contribution in [0.1, 0.15) is 77.6 Å². The Morgan fingerprint density at radius 2 is 1.85 bits per heavy atom. The molecule has 1 aromatic heterocycles. The zero-order valence-electron chi connectivity index (χ0n) is 22.1. The second-order valence-electron chi connectivity index (χ2n) is 10.7. The predicted molar refractivity (Wildman–Crippen MR) is 136 cm³/mol. The van der Waals surface area contributed by atoms with Gasteiger partial charge in [0.1, 0.15) is 12.2 Å². The smallest absolute Gasteiger partial charge is 0.320 e. The van der Waals surface area contributed by atoms with Crippen molar-refractivity contribution < 1.29 is 26.7 Å². The molecule has 2 aromatic carbocycles. The van der Waals surface area contributed by atoms with Gasteiger partial charge in [0.05, 0.1) is 12.1 Å². The Bertz CT molecular complexity index is 1400. The molecular formula is C28H30F5N5O. The second-order valence-corrected chi connectivity index (χ2v) is 10.7. The molecule has 0 spiro atoms. The van der Waals surface area contributed by atoms with Crippen LogP contribution in [0.25, 0.3) is 0 Å². The van der Waals surface area contributed by atoms with E-state index < -0.39 is 35.5 Å². The molecule has 2 aliphatic heterocycles. The molecule has 0 bridgehead atoms. The van der Waals surface area contributed by atoms with E-state index in [2.05, 4.69) is 10.2 Å². The molecule has 11 heteroatoms. The number of likely N-dealkylation sites (tertiary alicyclic amines) is 1. The monoisotopic (exact) mass is 547 g/mol. The highest BCUT2D eigenvalue weighted by Gasteiger charge is 2.44. The number of amides is 1. The number of nitrogens with zero attached hydrogens (tertiary/aromatic N) is 5. The number of fused-ring (bicyclic) bond motifs is 1. The summed E-state index contributed by atoms with van der Waals surface area (Å²) in [6.45, 7) is 5.00. The van der Waals surface area contributed by atoms with Crippen molar-refractivity contribution >= 4 is 11.6 Å². The van der Waals surface area contributed by atoms with Gasteiger partial charge in [-0.15, -0.1) is 10.2 Å². The fraction of sp³-hybridized carbons (Fsp3) is 0.464. The van der Waals surface area contributed by atoms with Crippen LogP contribution < -0.4 is 4.90 Å². The molecule has 1 saturated heterocycles. The molecule has 6 nitrogen and oxygen atoms in total. The minimum absolute atomic E-state index is 0.00573. The third kappa shape index (κ3) is 4.92. The van der Waals surface area contributed by atoms with E-state index in [1.807, 2.05) is 20.0 Å². The van der Waals surface area contributed by atoms with Crippen LogP contribution in [0, 0.1) is 5.92 Å². The van der Waals surface area contributed by atoms with Crippen molar-refractivity contribution in [3.8, 4) is 0 Å². The molecule has 1 fully saturated rings. The summed E-state index contributed by atoms with van der Waals surface area (Å²) >= 11 is 0. The summed E-state index contributed by atoms with van der Waals surface area (Å²) in [6.07, 6.45) is -3.45. The topological polar surface area (TPSA) is 54.3 Å². The Hall–Kier alpha value is -3.34. The lowest BCUT2D eigenvalue weighted by Gasteiger charge is -2.40. The third-order valence-corrected chi connectivity index (χ3v) is 8.18. The van der Waals surface area contributed by atoms with Crippen LogP contribution in [0.5, 0.6) is 0 Å². The average Bonchev–Trinajstić information content (AvgIpc) is 3.46. The van der Waals surface area contributed by atoms with Crippen molar-refractivity contribution in [2.45, 2.75) is 57.8 Å². The molecule has 0 saturated carbocycles. The van der Waals surface area contributed by atoms with Crippen LogP contribution in [0.15, 0.2) is 42.7 Å². The van der Waals surface area contributed by atoms with E-state index in [0.29, 0.717) is 17.1 Å². The van der Waals surface area contributed by atoms with Crippen LogP contribution in [0.3, 0.4) is 0 Å². The molecule has 39 heavy (non-hydrogen) atoms. The Kier molecular flexibility index (Phi) is 6.77. The molecule has 0 aliphatic carbocycles. The molecule has 208 valence electrons. The number of carbonyl (C=O) groups is 1.